The minimum absolute atomic E-state index is 0.243. The summed E-state index contributed by atoms with van der Waals surface area (Å²) in [5.74, 6) is -1.66. The van der Waals surface area contributed by atoms with E-state index in [1.54, 1.807) is 7.11 Å². The number of hydrogen-bond acceptors (Lipinski definition) is 4. The number of carboxylic acids is 1. The van der Waals surface area contributed by atoms with Gasteiger partial charge < -0.3 is 14.7 Å². The van der Waals surface area contributed by atoms with Gasteiger partial charge in [-0.15, -0.1) is 0 Å². The number of methoxy groups -OCH3 is 1. The lowest BCUT2D eigenvalue weighted by molar-refractivity contribution is -0.149. The Morgan fingerprint density at radius 2 is 2.10 bits per heavy atom. The third kappa shape index (κ3) is 5.18. The molecule has 0 aliphatic carbocycles. The molecule has 3 amide bonds. The highest BCUT2D eigenvalue weighted by molar-refractivity contribution is 5.96. The maximum atomic E-state index is 11.9. The molecule has 0 aromatic heterocycles. The quantitative estimate of drug-likeness (QED) is 0.738. The van der Waals surface area contributed by atoms with Gasteiger partial charge in [0.05, 0.1) is 12.0 Å². The molecule has 7 heteroatoms. The van der Waals surface area contributed by atoms with Gasteiger partial charge in [-0.05, 0) is 25.8 Å². The van der Waals surface area contributed by atoms with Crippen molar-refractivity contribution in [2.24, 2.45) is 5.41 Å². The summed E-state index contributed by atoms with van der Waals surface area (Å²) in [6, 6.07) is -0.492. The SMILES string of the molecule is COCC1=CCN(C(=O)NC(=O)CC(C)(C)C(=O)O)CC1. The summed E-state index contributed by atoms with van der Waals surface area (Å²) >= 11 is 0. The van der Waals surface area contributed by atoms with Gasteiger partial charge in [0.15, 0.2) is 0 Å². The molecule has 0 radical (unpaired) electrons. The molecule has 1 aliphatic heterocycles. The molecule has 7 nitrogen and oxygen atoms in total. The average Bonchev–Trinajstić information content (AvgIpc) is 2.38. The van der Waals surface area contributed by atoms with Crippen molar-refractivity contribution < 1.29 is 24.2 Å². The molecular formula is C14H22N2O5. The van der Waals surface area contributed by atoms with Gasteiger partial charge in [0.1, 0.15) is 0 Å². The number of urea groups is 1. The lowest BCUT2D eigenvalue weighted by Gasteiger charge is -2.26. The van der Waals surface area contributed by atoms with Gasteiger partial charge in [-0.1, -0.05) is 6.08 Å². The monoisotopic (exact) mass is 298 g/mol. The molecule has 0 aromatic rings. The van der Waals surface area contributed by atoms with Gasteiger partial charge in [0, 0.05) is 26.6 Å². The first-order valence-electron chi connectivity index (χ1n) is 6.75. The van der Waals surface area contributed by atoms with Gasteiger partial charge >= 0.3 is 12.0 Å². The van der Waals surface area contributed by atoms with Crippen LogP contribution in [0.15, 0.2) is 11.6 Å². The molecule has 118 valence electrons. The van der Waals surface area contributed by atoms with Crippen LogP contribution in [-0.4, -0.2) is 54.7 Å². The van der Waals surface area contributed by atoms with E-state index in [9.17, 15) is 14.4 Å². The highest BCUT2D eigenvalue weighted by atomic mass is 16.5. The highest BCUT2D eigenvalue weighted by Crippen LogP contribution is 2.20. The molecule has 0 aromatic carbocycles. The van der Waals surface area contributed by atoms with E-state index in [4.69, 9.17) is 9.84 Å². The summed E-state index contributed by atoms with van der Waals surface area (Å²) < 4.78 is 5.02. The Morgan fingerprint density at radius 1 is 1.43 bits per heavy atom. The zero-order valence-corrected chi connectivity index (χ0v) is 12.6. The molecule has 0 bridgehead atoms. The smallest absolute Gasteiger partial charge is 0.324 e. The number of rotatable bonds is 5. The van der Waals surface area contributed by atoms with Crippen molar-refractivity contribution in [2.45, 2.75) is 26.7 Å². The van der Waals surface area contributed by atoms with Crippen molar-refractivity contribution in [2.75, 3.05) is 26.8 Å². The summed E-state index contributed by atoms with van der Waals surface area (Å²) in [5, 5.41) is 11.2. The van der Waals surface area contributed by atoms with Crippen LogP contribution in [0, 0.1) is 5.41 Å². The van der Waals surface area contributed by atoms with E-state index < -0.39 is 23.3 Å². The van der Waals surface area contributed by atoms with Gasteiger partial charge in [0.25, 0.3) is 0 Å². The van der Waals surface area contributed by atoms with E-state index in [0.29, 0.717) is 26.1 Å². The van der Waals surface area contributed by atoms with Crippen molar-refractivity contribution in [1.82, 2.24) is 10.2 Å². The van der Waals surface area contributed by atoms with Crippen LogP contribution >= 0.6 is 0 Å². The second-order valence-corrected chi connectivity index (χ2v) is 5.71. The zero-order valence-electron chi connectivity index (χ0n) is 12.6. The lowest BCUT2D eigenvalue weighted by Crippen LogP contribution is -2.46. The highest BCUT2D eigenvalue weighted by Gasteiger charge is 2.31. The minimum atomic E-state index is -1.20. The van der Waals surface area contributed by atoms with Crippen molar-refractivity contribution in [1.29, 1.82) is 0 Å². The molecule has 1 rings (SSSR count). The van der Waals surface area contributed by atoms with Crippen LogP contribution in [0.4, 0.5) is 4.79 Å². The van der Waals surface area contributed by atoms with Crippen molar-refractivity contribution in [3.63, 3.8) is 0 Å². The molecule has 0 spiro atoms. The number of carboxylic acid groups (broad SMARTS) is 1. The van der Waals surface area contributed by atoms with Crippen LogP contribution in [0.5, 0.6) is 0 Å². The number of nitrogens with one attached hydrogen (secondary N) is 1. The molecule has 1 aliphatic rings. The average molecular weight is 298 g/mol. The first-order chi connectivity index (χ1) is 9.76. The van der Waals surface area contributed by atoms with E-state index in [-0.39, 0.29) is 6.42 Å². The summed E-state index contributed by atoms with van der Waals surface area (Å²) in [7, 11) is 1.61. The first kappa shape index (κ1) is 17.2. The van der Waals surface area contributed by atoms with Gasteiger partial charge in [-0.2, -0.15) is 0 Å². The molecule has 0 saturated carbocycles. The Balaban J connectivity index is 2.48. The summed E-state index contributed by atoms with van der Waals surface area (Å²) in [6.07, 6.45) is 2.36. The molecule has 0 fully saturated rings. The standard InChI is InChI=1S/C14H22N2O5/c1-14(2,12(18)19)8-11(17)15-13(20)16-6-4-10(5-7-16)9-21-3/h4H,5-9H2,1-3H3,(H,18,19)(H,15,17,20). The second-order valence-electron chi connectivity index (χ2n) is 5.71. The third-order valence-corrected chi connectivity index (χ3v) is 3.35. The predicted molar refractivity (Wildman–Crippen MR) is 75.7 cm³/mol. The summed E-state index contributed by atoms with van der Waals surface area (Å²) in [6.45, 7) is 4.36. The lowest BCUT2D eigenvalue weighted by atomic mass is 9.89. The topological polar surface area (TPSA) is 95.9 Å². The van der Waals surface area contributed by atoms with Crippen molar-refractivity contribution in [3.8, 4) is 0 Å². The Labute approximate surface area is 123 Å². The van der Waals surface area contributed by atoms with Crippen LogP contribution in [0.2, 0.25) is 0 Å². The van der Waals surface area contributed by atoms with Crippen molar-refractivity contribution >= 4 is 17.9 Å². The van der Waals surface area contributed by atoms with Gasteiger partial charge in [-0.3, -0.25) is 14.9 Å². The fourth-order valence-electron chi connectivity index (χ4n) is 1.93. The van der Waals surface area contributed by atoms with Crippen LogP contribution in [0.3, 0.4) is 0 Å². The molecule has 21 heavy (non-hydrogen) atoms. The Hall–Kier alpha value is -1.89. The molecule has 0 atom stereocenters. The van der Waals surface area contributed by atoms with E-state index in [1.165, 1.54) is 18.7 Å². The Kier molecular flexibility index (Phi) is 5.90. The molecule has 0 saturated heterocycles. The number of aliphatic carboxylic acids is 1. The van der Waals surface area contributed by atoms with E-state index in [1.807, 2.05) is 6.08 Å². The number of amides is 3. The summed E-state index contributed by atoms with van der Waals surface area (Å²) in [5.41, 5.74) is -0.0717. The molecule has 0 unspecified atom stereocenters. The zero-order chi connectivity index (χ0) is 16.0. The van der Waals surface area contributed by atoms with E-state index >= 15 is 0 Å². The normalized spacial score (nSPS) is 15.4. The van der Waals surface area contributed by atoms with Crippen LogP contribution in [0.25, 0.3) is 0 Å². The molecule has 1 heterocycles. The number of carbonyl (C=O) groups excluding carboxylic acids is 2. The second kappa shape index (κ2) is 7.21. The van der Waals surface area contributed by atoms with E-state index in [2.05, 4.69) is 5.32 Å². The Bertz CT molecular complexity index is 456. The molecule has 2 N–H and O–H groups in total. The van der Waals surface area contributed by atoms with Crippen LogP contribution < -0.4 is 5.32 Å². The number of nitrogens with zero attached hydrogens (tertiary/aromatic N) is 1. The Morgan fingerprint density at radius 3 is 2.57 bits per heavy atom. The number of carbonyl (C=O) groups is 3. The van der Waals surface area contributed by atoms with Crippen LogP contribution in [-0.2, 0) is 14.3 Å². The van der Waals surface area contributed by atoms with Gasteiger partial charge in [-0.25, -0.2) is 4.79 Å². The van der Waals surface area contributed by atoms with E-state index in [0.717, 1.165) is 5.57 Å². The number of ether oxygens (including phenoxy) is 1. The minimum Gasteiger partial charge on any atom is -0.481 e. The fourth-order valence-corrected chi connectivity index (χ4v) is 1.93. The maximum absolute atomic E-state index is 11.9. The first-order valence-corrected chi connectivity index (χ1v) is 6.75. The van der Waals surface area contributed by atoms with Gasteiger partial charge in [0.2, 0.25) is 5.91 Å². The summed E-state index contributed by atoms with van der Waals surface area (Å²) in [4.78, 5) is 36.1. The maximum Gasteiger partial charge on any atom is 0.324 e. The third-order valence-electron chi connectivity index (χ3n) is 3.35. The fraction of sp³-hybridized carbons (Fsp3) is 0.643. The van der Waals surface area contributed by atoms with Crippen LogP contribution in [0.1, 0.15) is 26.7 Å². The molecular weight excluding hydrogens is 276 g/mol. The largest absolute Gasteiger partial charge is 0.481 e. The van der Waals surface area contributed by atoms with Crippen molar-refractivity contribution in [3.05, 3.63) is 11.6 Å². The number of hydrogen-bond donors (Lipinski definition) is 2. The predicted octanol–water partition coefficient (Wildman–Crippen LogP) is 1.00. The number of imide groups is 1.